The Morgan fingerprint density at radius 3 is 1.29 bits per heavy atom. The highest BCUT2D eigenvalue weighted by Gasteiger charge is 2.39. The van der Waals surface area contributed by atoms with Gasteiger partial charge in [-0.1, -0.05) is 60.7 Å². The molecule has 364 valence electrons. The predicted molar refractivity (Wildman–Crippen MR) is 239 cm³/mol. The third kappa shape index (κ3) is 13.2. The van der Waals surface area contributed by atoms with E-state index in [1.54, 1.807) is 93.8 Å². The molecular weight excluding hydrogens is 915 g/mol. The summed E-state index contributed by atoms with van der Waals surface area (Å²) in [6.07, 6.45) is -9.82. The third-order valence-electron chi connectivity index (χ3n) is 10.6. The molecule has 1 N–H and O–H groups in total. The van der Waals surface area contributed by atoms with Crippen LogP contribution in [0.1, 0.15) is 43.7 Å². The monoisotopic (exact) mass is 962 g/mol. The summed E-state index contributed by atoms with van der Waals surface area (Å²) in [5, 5.41) is 16.3. The van der Waals surface area contributed by atoms with Crippen molar-refractivity contribution in [2.75, 3.05) is 62.2 Å². The molecule has 2 aliphatic heterocycles. The fraction of sp³-hybridized carbons (Fsp3) is 0.340. The largest absolute Gasteiger partial charge is 0.470 e. The lowest BCUT2D eigenvalue weighted by Gasteiger charge is -2.38. The van der Waals surface area contributed by atoms with Crippen molar-refractivity contribution < 1.29 is 54.3 Å². The maximum atomic E-state index is 13.6. The van der Waals surface area contributed by atoms with Gasteiger partial charge in [-0.25, -0.2) is 14.4 Å². The molecule has 4 aromatic carbocycles. The molecule has 4 heterocycles. The lowest BCUT2D eigenvalue weighted by Crippen LogP contribution is -2.54. The van der Waals surface area contributed by atoms with Crippen molar-refractivity contribution in [1.29, 1.82) is 0 Å². The van der Waals surface area contributed by atoms with Crippen LogP contribution < -0.4 is 15.1 Å². The minimum Gasteiger partial charge on any atom is -0.444 e. The summed E-state index contributed by atoms with van der Waals surface area (Å²) >= 11 is 0. The van der Waals surface area contributed by atoms with Gasteiger partial charge in [-0.15, -0.1) is 20.4 Å². The zero-order chi connectivity index (χ0) is 49.3. The number of ether oxygens (including phenoxy) is 1. The molecule has 0 aliphatic carbocycles. The number of benzene rings is 4. The fourth-order valence-corrected chi connectivity index (χ4v) is 7.14. The Kier molecular flexibility index (Phi) is 15.2. The highest BCUT2D eigenvalue weighted by atomic mass is 19.4. The van der Waals surface area contributed by atoms with Crippen LogP contribution in [0.2, 0.25) is 0 Å². The van der Waals surface area contributed by atoms with Crippen molar-refractivity contribution in [3.8, 4) is 22.9 Å². The van der Waals surface area contributed by atoms with Gasteiger partial charge >= 0.3 is 42.3 Å². The first-order valence-corrected chi connectivity index (χ1v) is 21.7. The number of para-hydroxylation sites is 2. The maximum absolute atomic E-state index is 13.6. The molecule has 22 heteroatoms. The van der Waals surface area contributed by atoms with Crippen molar-refractivity contribution in [2.24, 2.45) is 0 Å². The smallest absolute Gasteiger partial charge is 0.444 e. The van der Waals surface area contributed by atoms with Crippen LogP contribution in [0.15, 0.2) is 118 Å². The average molecular weight is 963 g/mol. The SMILES string of the molecule is CC(C)(C)OC(=O)N1CCN(C(=O)N(Cc2ccc(-c3nnc(C(F)(F)F)o3)cc2)c2ccccc2)CC1.O=C(N1CCNCC1)N(Cc1ccc(-c2nnc(C(F)(F)F)o2)cc1)c1ccccc1. The molecule has 6 aromatic rings. The number of alkyl halides is 6. The topological polar surface area (TPSA) is 167 Å². The number of anilines is 2. The van der Waals surface area contributed by atoms with Crippen molar-refractivity contribution in [3.63, 3.8) is 0 Å². The van der Waals surface area contributed by atoms with E-state index < -0.39 is 35.8 Å². The summed E-state index contributed by atoms with van der Waals surface area (Å²) in [7, 11) is 0. The lowest BCUT2D eigenvalue weighted by molar-refractivity contribution is -0.157. The lowest BCUT2D eigenvalue weighted by atomic mass is 10.1. The maximum Gasteiger partial charge on any atom is 0.470 e. The summed E-state index contributed by atoms with van der Waals surface area (Å²) in [4.78, 5) is 47.5. The minimum absolute atomic E-state index is 0.0940. The summed E-state index contributed by atoms with van der Waals surface area (Å²) in [5.41, 5.74) is 3.10. The van der Waals surface area contributed by atoms with E-state index in [0.29, 0.717) is 62.6 Å². The minimum atomic E-state index is -4.72. The van der Waals surface area contributed by atoms with Crippen LogP contribution >= 0.6 is 0 Å². The highest BCUT2D eigenvalue weighted by molar-refractivity contribution is 5.93. The van der Waals surface area contributed by atoms with Gasteiger partial charge in [-0.3, -0.25) is 9.80 Å². The van der Waals surface area contributed by atoms with Gasteiger partial charge in [0.2, 0.25) is 11.8 Å². The molecule has 16 nitrogen and oxygen atoms in total. The molecule has 0 spiro atoms. The molecule has 5 amide bonds. The van der Waals surface area contributed by atoms with E-state index in [9.17, 15) is 40.7 Å². The zero-order valence-corrected chi connectivity index (χ0v) is 37.7. The number of amides is 5. The first-order chi connectivity index (χ1) is 32.8. The van der Waals surface area contributed by atoms with Gasteiger partial charge in [-0.05, 0) is 80.4 Å². The van der Waals surface area contributed by atoms with Crippen molar-refractivity contribution in [1.82, 2.24) is 40.4 Å². The molecule has 8 rings (SSSR count). The van der Waals surface area contributed by atoms with Crippen molar-refractivity contribution in [2.45, 2.75) is 51.8 Å². The molecule has 0 bridgehead atoms. The highest BCUT2D eigenvalue weighted by Crippen LogP contribution is 2.32. The predicted octanol–water partition coefficient (Wildman–Crippen LogP) is 9.22. The average Bonchev–Trinajstić information content (AvgIpc) is 4.06. The number of carbonyl (C=O) groups excluding carboxylic acids is 3. The zero-order valence-electron chi connectivity index (χ0n) is 37.7. The molecular formula is C47H48F6N10O6. The standard InChI is InChI=1S/C26H28F3N5O4.C21H20F3N5O2/c1-25(2,3)38-24(36)33-15-13-32(14-16-33)23(35)34(20-7-5-4-6-8-20)17-18-9-11-19(12-10-18)21-30-31-22(37-21)26(27,28)29;22-21(23,24)19-27-26-18(31-19)16-8-6-15(7-9-16)14-29(17-4-2-1-3-5-17)20(30)28-12-10-25-11-13-28/h4-12H,13-17H2,1-3H3;1-9,25H,10-14H2. The van der Waals surface area contributed by atoms with Crippen LogP contribution in [-0.2, 0) is 30.2 Å². The Balaban J connectivity index is 0.000000208. The van der Waals surface area contributed by atoms with Gasteiger partial charge in [0.05, 0.1) is 13.1 Å². The molecule has 2 aromatic heterocycles. The van der Waals surface area contributed by atoms with Crippen LogP contribution in [0.5, 0.6) is 0 Å². The van der Waals surface area contributed by atoms with E-state index in [-0.39, 0.29) is 30.4 Å². The van der Waals surface area contributed by atoms with E-state index in [4.69, 9.17) is 13.6 Å². The van der Waals surface area contributed by atoms with Crippen molar-refractivity contribution >= 4 is 29.5 Å². The van der Waals surface area contributed by atoms with E-state index in [0.717, 1.165) is 29.9 Å². The first kappa shape index (κ1) is 49.4. The molecule has 69 heavy (non-hydrogen) atoms. The molecule has 0 atom stereocenters. The Bertz CT molecular complexity index is 2630. The summed E-state index contributed by atoms with van der Waals surface area (Å²) in [6.45, 7) is 10.1. The number of nitrogens with one attached hydrogen (secondary N) is 1. The van der Waals surface area contributed by atoms with Gasteiger partial charge in [0.25, 0.3) is 0 Å². The van der Waals surface area contributed by atoms with Gasteiger partial charge in [0.15, 0.2) is 0 Å². The number of nitrogens with zero attached hydrogens (tertiary/aromatic N) is 9. The number of hydrogen-bond donors (Lipinski definition) is 1. The van der Waals surface area contributed by atoms with Crippen LogP contribution in [0.3, 0.4) is 0 Å². The first-order valence-electron chi connectivity index (χ1n) is 21.7. The van der Waals surface area contributed by atoms with Gasteiger partial charge in [0, 0.05) is 74.9 Å². The summed E-state index contributed by atoms with van der Waals surface area (Å²) in [6, 6.07) is 31.3. The number of halogens is 6. The molecule has 0 saturated carbocycles. The number of urea groups is 2. The number of rotatable bonds is 8. The molecule has 2 aliphatic rings. The van der Waals surface area contributed by atoms with E-state index in [1.807, 2.05) is 60.7 Å². The quantitative estimate of drug-likeness (QED) is 0.145. The Morgan fingerprint density at radius 2 is 0.928 bits per heavy atom. The van der Waals surface area contributed by atoms with Crippen molar-refractivity contribution in [3.05, 3.63) is 132 Å². The fourth-order valence-electron chi connectivity index (χ4n) is 7.14. The normalized spacial score (nSPS) is 14.4. The summed E-state index contributed by atoms with van der Waals surface area (Å²) < 4.78 is 91.2. The number of piperazine rings is 2. The number of hydrogen-bond acceptors (Lipinski definition) is 11. The van der Waals surface area contributed by atoms with Crippen LogP contribution in [0.4, 0.5) is 52.1 Å². The Morgan fingerprint density at radius 1 is 0.551 bits per heavy atom. The second kappa shape index (κ2) is 21.2. The number of carbonyl (C=O) groups is 3. The third-order valence-corrected chi connectivity index (χ3v) is 10.6. The molecule has 2 saturated heterocycles. The van der Waals surface area contributed by atoms with E-state index in [1.165, 1.54) is 0 Å². The second-order valence-corrected chi connectivity index (χ2v) is 16.8. The Labute approximate surface area is 392 Å². The van der Waals surface area contributed by atoms with Crippen LogP contribution in [0, 0.1) is 0 Å². The summed E-state index contributed by atoms with van der Waals surface area (Å²) in [5.74, 6) is -3.26. The second-order valence-electron chi connectivity index (χ2n) is 16.8. The molecule has 2 fully saturated rings. The molecule has 0 unspecified atom stereocenters. The van der Waals surface area contributed by atoms with Gasteiger partial charge < -0.3 is 33.6 Å². The van der Waals surface area contributed by atoms with Gasteiger partial charge in [-0.2, -0.15) is 26.3 Å². The van der Waals surface area contributed by atoms with E-state index in [2.05, 4.69) is 25.7 Å². The van der Waals surface area contributed by atoms with Gasteiger partial charge in [0.1, 0.15) is 5.60 Å². The molecule has 0 radical (unpaired) electrons. The number of aromatic nitrogens is 4. The van der Waals surface area contributed by atoms with E-state index >= 15 is 0 Å². The van der Waals surface area contributed by atoms with Crippen LogP contribution in [0.25, 0.3) is 22.9 Å². The Hall–Kier alpha value is -7.49. The van der Waals surface area contributed by atoms with Crippen LogP contribution in [-0.4, -0.2) is 111 Å².